The highest BCUT2D eigenvalue weighted by Gasteiger charge is 2.23. The number of benzene rings is 2. The van der Waals surface area contributed by atoms with Gasteiger partial charge in [-0.1, -0.05) is 31.6 Å². The van der Waals surface area contributed by atoms with Gasteiger partial charge in [-0.3, -0.25) is 9.69 Å². The largest absolute Gasteiger partial charge is 0.508 e. The van der Waals surface area contributed by atoms with Crippen molar-refractivity contribution in [3.63, 3.8) is 0 Å². The topological polar surface area (TPSA) is 101 Å². The number of anilines is 3. The number of hydrogen-bond donors (Lipinski definition) is 3. The van der Waals surface area contributed by atoms with Crippen LogP contribution in [0.25, 0.3) is 0 Å². The summed E-state index contributed by atoms with van der Waals surface area (Å²) in [6.45, 7) is 7.29. The maximum Gasteiger partial charge on any atom is 0.206 e. The molecule has 0 aliphatic carbocycles. The first-order valence-electron chi connectivity index (χ1n) is 11.4. The summed E-state index contributed by atoms with van der Waals surface area (Å²) in [5, 5.41) is 13.8. The Morgan fingerprint density at radius 2 is 2.06 bits per heavy atom. The average molecular weight is 467 g/mol. The summed E-state index contributed by atoms with van der Waals surface area (Å²) in [7, 11) is 0. The number of thiazole rings is 1. The van der Waals surface area contributed by atoms with Gasteiger partial charge in [0.15, 0.2) is 5.13 Å². The first kappa shape index (κ1) is 23.1. The molecule has 1 aliphatic heterocycles. The Balaban J connectivity index is 1.42. The van der Waals surface area contributed by atoms with Crippen LogP contribution in [0.1, 0.15) is 47.5 Å². The molecule has 0 unspecified atom stereocenters. The molecule has 33 heavy (non-hydrogen) atoms. The lowest BCUT2D eigenvalue weighted by Crippen LogP contribution is -2.24. The molecule has 2 aromatic carbocycles. The predicted molar refractivity (Wildman–Crippen MR) is 133 cm³/mol. The Labute approximate surface area is 198 Å². The normalized spacial score (nSPS) is 16.1. The zero-order valence-electron chi connectivity index (χ0n) is 19.0. The van der Waals surface area contributed by atoms with Crippen LogP contribution in [-0.2, 0) is 6.42 Å². The minimum atomic E-state index is -0.197. The third kappa shape index (κ3) is 5.46. The summed E-state index contributed by atoms with van der Waals surface area (Å²) >= 11 is 1.22. The van der Waals surface area contributed by atoms with Crippen molar-refractivity contribution in [2.45, 2.75) is 39.2 Å². The van der Waals surface area contributed by atoms with Crippen LogP contribution < -0.4 is 15.8 Å². The highest BCUT2D eigenvalue weighted by molar-refractivity contribution is 7.18. The van der Waals surface area contributed by atoms with Gasteiger partial charge in [0.1, 0.15) is 28.3 Å². The van der Waals surface area contributed by atoms with E-state index < -0.39 is 0 Å². The summed E-state index contributed by atoms with van der Waals surface area (Å²) in [6.07, 6.45) is 2.86. The van der Waals surface area contributed by atoms with Crippen LogP contribution in [-0.4, -0.2) is 46.5 Å². The van der Waals surface area contributed by atoms with Gasteiger partial charge >= 0.3 is 0 Å². The second-order valence-electron chi connectivity index (χ2n) is 8.23. The van der Waals surface area contributed by atoms with Gasteiger partial charge in [0, 0.05) is 24.3 Å². The summed E-state index contributed by atoms with van der Waals surface area (Å²) in [4.78, 5) is 20.1. The molecular weight excluding hydrogens is 436 g/mol. The lowest BCUT2D eigenvalue weighted by molar-refractivity contribution is 0.104. The predicted octanol–water partition coefficient (Wildman–Crippen LogP) is 4.83. The van der Waals surface area contributed by atoms with Crippen molar-refractivity contribution >= 4 is 33.8 Å². The second kappa shape index (κ2) is 10.2. The van der Waals surface area contributed by atoms with E-state index in [0.717, 1.165) is 49.5 Å². The molecular formula is C25H30N4O3S. The molecule has 4 N–H and O–H groups in total. The molecule has 0 spiro atoms. The van der Waals surface area contributed by atoms with E-state index in [1.54, 1.807) is 18.2 Å². The Hall–Kier alpha value is -3.10. The minimum Gasteiger partial charge on any atom is -0.508 e. The quantitative estimate of drug-likeness (QED) is 0.388. The Bertz CT molecular complexity index is 1110. The van der Waals surface area contributed by atoms with Crippen LogP contribution in [0, 0.1) is 0 Å². The number of nitrogen functional groups attached to an aromatic ring is 1. The average Bonchev–Trinajstić information content (AvgIpc) is 3.42. The van der Waals surface area contributed by atoms with E-state index in [1.165, 1.54) is 11.3 Å². The fourth-order valence-electron chi connectivity index (χ4n) is 3.99. The molecule has 0 bridgehead atoms. The molecule has 1 atom stereocenters. The number of nitrogens with zero attached hydrogens (tertiary/aromatic N) is 2. The molecule has 1 fully saturated rings. The van der Waals surface area contributed by atoms with Gasteiger partial charge in [-0.05, 0) is 67.4 Å². The van der Waals surface area contributed by atoms with Crippen molar-refractivity contribution < 1.29 is 14.6 Å². The molecule has 7 nitrogen and oxygen atoms in total. The number of phenolic OH excluding ortho intramolecular Hbond substituents is 1. The smallest absolute Gasteiger partial charge is 0.206 e. The fourth-order valence-corrected chi connectivity index (χ4v) is 4.86. The van der Waals surface area contributed by atoms with E-state index in [4.69, 9.17) is 10.5 Å². The Morgan fingerprint density at radius 3 is 2.76 bits per heavy atom. The van der Waals surface area contributed by atoms with Crippen LogP contribution in [0.4, 0.5) is 16.6 Å². The zero-order valence-corrected chi connectivity index (χ0v) is 19.8. The molecule has 4 rings (SSSR count). The number of carbonyl (C=O) groups is 1. The van der Waals surface area contributed by atoms with Gasteiger partial charge in [0.05, 0.1) is 0 Å². The molecule has 1 saturated heterocycles. The van der Waals surface area contributed by atoms with E-state index in [9.17, 15) is 9.90 Å². The standard InChI is InChI=1S/C25H30N4O3S/c1-3-5-16-14-17(6-11-21(16)30)22(31)23-24(26)28-25(33-23)27-18-7-9-19(10-8-18)32-20-12-13-29(4-2)15-20/h6-11,14,20,30H,3-5,12-13,15,26H2,1-2H3,(H,27,28)/t20-/m0/s1. The van der Waals surface area contributed by atoms with Crippen LogP contribution in [0.5, 0.6) is 11.5 Å². The number of aryl methyl sites for hydroxylation is 1. The fraction of sp³-hybridized carbons (Fsp3) is 0.360. The molecule has 2 heterocycles. The first-order chi connectivity index (χ1) is 16.0. The van der Waals surface area contributed by atoms with E-state index in [2.05, 4.69) is 22.1 Å². The van der Waals surface area contributed by atoms with Crippen LogP contribution in [0.3, 0.4) is 0 Å². The molecule has 174 valence electrons. The monoisotopic (exact) mass is 466 g/mol. The number of phenols is 1. The third-order valence-electron chi connectivity index (χ3n) is 5.81. The molecule has 0 radical (unpaired) electrons. The molecule has 8 heteroatoms. The molecule has 0 saturated carbocycles. The first-order valence-corrected chi connectivity index (χ1v) is 12.2. The van der Waals surface area contributed by atoms with Gasteiger partial charge in [-0.25, -0.2) is 4.98 Å². The van der Waals surface area contributed by atoms with Gasteiger partial charge in [0.2, 0.25) is 5.78 Å². The number of nitrogens with two attached hydrogens (primary N) is 1. The van der Waals surface area contributed by atoms with Gasteiger partial charge < -0.3 is 20.9 Å². The maximum absolute atomic E-state index is 13.0. The third-order valence-corrected chi connectivity index (χ3v) is 6.79. The lowest BCUT2D eigenvalue weighted by atomic mass is 10.0. The van der Waals surface area contributed by atoms with Crippen molar-refractivity contribution in [3.8, 4) is 11.5 Å². The number of rotatable bonds is 9. The van der Waals surface area contributed by atoms with Crippen LogP contribution in [0.2, 0.25) is 0 Å². The number of ketones is 1. The number of nitrogens with one attached hydrogen (secondary N) is 1. The molecule has 3 aromatic rings. The van der Waals surface area contributed by atoms with Crippen LogP contribution >= 0.6 is 11.3 Å². The number of aromatic nitrogens is 1. The van der Waals surface area contributed by atoms with Crippen LogP contribution in [0.15, 0.2) is 42.5 Å². The number of likely N-dealkylation sites (tertiary alicyclic amines) is 1. The Morgan fingerprint density at radius 1 is 1.27 bits per heavy atom. The van der Waals surface area contributed by atoms with Crippen molar-refractivity contribution in [1.29, 1.82) is 0 Å². The summed E-state index contributed by atoms with van der Waals surface area (Å²) in [5.74, 6) is 1.04. The van der Waals surface area contributed by atoms with Crippen molar-refractivity contribution in [2.75, 3.05) is 30.7 Å². The Kier molecular flexibility index (Phi) is 7.15. The summed E-state index contributed by atoms with van der Waals surface area (Å²) in [5.41, 5.74) is 8.15. The van der Waals surface area contributed by atoms with E-state index in [1.807, 2.05) is 31.2 Å². The summed E-state index contributed by atoms with van der Waals surface area (Å²) in [6, 6.07) is 12.6. The van der Waals surface area contributed by atoms with E-state index in [0.29, 0.717) is 22.0 Å². The number of likely N-dealkylation sites (N-methyl/N-ethyl adjacent to an activating group) is 1. The highest BCUT2D eigenvalue weighted by atomic mass is 32.1. The minimum absolute atomic E-state index is 0.194. The highest BCUT2D eigenvalue weighted by Crippen LogP contribution is 2.31. The lowest BCUT2D eigenvalue weighted by Gasteiger charge is -2.15. The van der Waals surface area contributed by atoms with Gasteiger partial charge in [-0.2, -0.15) is 0 Å². The van der Waals surface area contributed by atoms with E-state index >= 15 is 0 Å². The van der Waals surface area contributed by atoms with Gasteiger partial charge in [0.25, 0.3) is 0 Å². The van der Waals surface area contributed by atoms with Crippen molar-refractivity contribution in [2.24, 2.45) is 0 Å². The van der Waals surface area contributed by atoms with E-state index in [-0.39, 0.29) is 23.5 Å². The number of ether oxygens (including phenoxy) is 1. The SMILES string of the molecule is CCCc1cc(C(=O)c2sc(Nc3ccc(O[C@H]4CCN(CC)C4)cc3)nc2N)ccc1O. The van der Waals surface area contributed by atoms with Crippen molar-refractivity contribution in [1.82, 2.24) is 9.88 Å². The zero-order chi connectivity index (χ0) is 23.4. The molecule has 1 aliphatic rings. The number of aromatic hydroxyl groups is 1. The summed E-state index contributed by atoms with van der Waals surface area (Å²) < 4.78 is 6.09. The molecule has 1 aromatic heterocycles. The van der Waals surface area contributed by atoms with Gasteiger partial charge in [-0.15, -0.1) is 0 Å². The number of carbonyl (C=O) groups excluding carboxylic acids is 1. The van der Waals surface area contributed by atoms with Crippen molar-refractivity contribution in [3.05, 3.63) is 58.5 Å². The maximum atomic E-state index is 13.0. The number of hydrogen-bond acceptors (Lipinski definition) is 8. The molecule has 0 amide bonds. The second-order valence-corrected chi connectivity index (χ2v) is 9.23.